The number of nitrogens with one attached hydrogen (secondary N) is 1. The zero-order valence-corrected chi connectivity index (χ0v) is 16.2. The van der Waals surface area contributed by atoms with Crippen LogP contribution in [0.25, 0.3) is 0 Å². The molecule has 0 heterocycles. The van der Waals surface area contributed by atoms with E-state index in [4.69, 9.17) is 12.6 Å². The summed E-state index contributed by atoms with van der Waals surface area (Å²) in [6.07, 6.45) is 4.04. The summed E-state index contributed by atoms with van der Waals surface area (Å²) in [6.45, 7) is 0.932. The molecule has 140 valence electrons. The summed E-state index contributed by atoms with van der Waals surface area (Å²) in [5, 5.41) is 3.11. The Morgan fingerprint density at radius 2 is 1.81 bits per heavy atom. The van der Waals surface area contributed by atoms with E-state index in [1.807, 2.05) is 62.6 Å². The van der Waals surface area contributed by atoms with Crippen LogP contribution in [0.1, 0.15) is 36.8 Å². The first-order chi connectivity index (χ1) is 13.0. The Morgan fingerprint density at radius 3 is 2.48 bits per heavy atom. The second-order valence-electron chi connectivity index (χ2n) is 7.46. The van der Waals surface area contributed by atoms with Crippen molar-refractivity contribution in [3.05, 3.63) is 59.7 Å². The van der Waals surface area contributed by atoms with Gasteiger partial charge in [-0.2, -0.15) is 0 Å². The molecule has 2 aromatic rings. The zero-order valence-electron chi connectivity index (χ0n) is 16.2. The van der Waals surface area contributed by atoms with Crippen LogP contribution in [0, 0.1) is 0 Å². The SMILES string of the molecule is [B]c1ccc(CNC(=O)C2(N(C)C)CCCC2)cc1OCc1ccccc1. The van der Waals surface area contributed by atoms with E-state index in [2.05, 4.69) is 10.2 Å². The van der Waals surface area contributed by atoms with E-state index in [0.29, 0.717) is 24.4 Å². The molecule has 0 unspecified atom stereocenters. The Labute approximate surface area is 163 Å². The molecular formula is C22H27BN2O2. The summed E-state index contributed by atoms with van der Waals surface area (Å²) in [6, 6.07) is 15.7. The standard InChI is InChI=1S/C22H27BN2O2/c1-25(2)22(12-6-7-13-22)21(26)24-15-18-10-11-19(23)20(14-18)27-16-17-8-4-3-5-9-17/h3-5,8-11,14H,6-7,12-13,15-16H2,1-2H3,(H,24,26). The Kier molecular flexibility index (Phi) is 6.22. The van der Waals surface area contributed by atoms with Gasteiger partial charge in [0.2, 0.25) is 5.91 Å². The van der Waals surface area contributed by atoms with Gasteiger partial charge in [-0.05, 0) is 44.1 Å². The molecule has 27 heavy (non-hydrogen) atoms. The Morgan fingerprint density at radius 1 is 1.11 bits per heavy atom. The third-order valence-electron chi connectivity index (χ3n) is 5.48. The number of carbonyl (C=O) groups is 1. The van der Waals surface area contributed by atoms with Crippen molar-refractivity contribution in [2.75, 3.05) is 14.1 Å². The fraction of sp³-hybridized carbons (Fsp3) is 0.409. The quantitative estimate of drug-likeness (QED) is 0.770. The predicted octanol–water partition coefficient (Wildman–Crippen LogP) is 2.55. The average Bonchev–Trinajstić information content (AvgIpc) is 3.18. The normalized spacial score (nSPS) is 15.7. The van der Waals surface area contributed by atoms with E-state index in [1.54, 1.807) is 0 Å². The molecule has 1 aliphatic rings. The molecule has 4 nitrogen and oxygen atoms in total. The molecule has 2 radical (unpaired) electrons. The van der Waals surface area contributed by atoms with Crippen molar-refractivity contribution in [1.29, 1.82) is 0 Å². The number of hydrogen-bond acceptors (Lipinski definition) is 3. The molecule has 3 rings (SSSR count). The molecule has 5 heteroatoms. The van der Waals surface area contributed by atoms with Crippen LogP contribution in [-0.2, 0) is 17.9 Å². The molecule has 1 aliphatic carbocycles. The summed E-state index contributed by atoms with van der Waals surface area (Å²) in [4.78, 5) is 14.9. The van der Waals surface area contributed by atoms with Crippen molar-refractivity contribution in [3.63, 3.8) is 0 Å². The van der Waals surface area contributed by atoms with Crippen LogP contribution in [0.2, 0.25) is 0 Å². The van der Waals surface area contributed by atoms with E-state index in [9.17, 15) is 4.79 Å². The topological polar surface area (TPSA) is 41.6 Å². The molecule has 2 aromatic carbocycles. The zero-order chi connectivity index (χ0) is 19.3. The van der Waals surface area contributed by atoms with Crippen molar-refractivity contribution in [2.24, 2.45) is 0 Å². The maximum absolute atomic E-state index is 12.8. The third kappa shape index (κ3) is 4.53. The van der Waals surface area contributed by atoms with Gasteiger partial charge in [0.1, 0.15) is 20.2 Å². The van der Waals surface area contributed by atoms with Gasteiger partial charge in [-0.15, -0.1) is 0 Å². The van der Waals surface area contributed by atoms with Crippen LogP contribution in [0.5, 0.6) is 5.75 Å². The number of nitrogens with zero attached hydrogens (tertiary/aromatic N) is 1. The van der Waals surface area contributed by atoms with Crippen LogP contribution in [0.4, 0.5) is 0 Å². The smallest absolute Gasteiger partial charge is 0.240 e. The number of carbonyl (C=O) groups excluding carboxylic acids is 1. The largest absolute Gasteiger partial charge is 0.490 e. The fourth-order valence-electron chi connectivity index (χ4n) is 3.73. The minimum atomic E-state index is -0.375. The van der Waals surface area contributed by atoms with Gasteiger partial charge < -0.3 is 10.1 Å². The number of amides is 1. The Bertz CT molecular complexity index is 771. The molecule has 1 fully saturated rings. The van der Waals surface area contributed by atoms with E-state index in [0.717, 1.165) is 36.8 Å². The van der Waals surface area contributed by atoms with Gasteiger partial charge in [0.25, 0.3) is 0 Å². The second kappa shape index (κ2) is 8.62. The highest BCUT2D eigenvalue weighted by molar-refractivity contribution is 6.34. The predicted molar refractivity (Wildman–Crippen MR) is 109 cm³/mol. The monoisotopic (exact) mass is 362 g/mol. The van der Waals surface area contributed by atoms with Crippen LogP contribution < -0.4 is 15.5 Å². The maximum atomic E-state index is 12.8. The molecule has 0 aliphatic heterocycles. The Balaban J connectivity index is 1.63. The Hall–Kier alpha value is -2.27. The van der Waals surface area contributed by atoms with E-state index < -0.39 is 0 Å². The van der Waals surface area contributed by atoms with Gasteiger partial charge in [0, 0.05) is 6.54 Å². The fourth-order valence-corrected chi connectivity index (χ4v) is 3.73. The van der Waals surface area contributed by atoms with Crippen LogP contribution in [0.3, 0.4) is 0 Å². The lowest BCUT2D eigenvalue weighted by atomic mass is 9.93. The van der Waals surface area contributed by atoms with Crippen molar-refractivity contribution >= 4 is 19.2 Å². The lowest BCUT2D eigenvalue weighted by Crippen LogP contribution is -2.54. The maximum Gasteiger partial charge on any atom is 0.240 e. The van der Waals surface area contributed by atoms with Crippen molar-refractivity contribution in [2.45, 2.75) is 44.4 Å². The second-order valence-corrected chi connectivity index (χ2v) is 7.46. The van der Waals surface area contributed by atoms with Crippen LogP contribution in [0.15, 0.2) is 48.5 Å². The van der Waals surface area contributed by atoms with Gasteiger partial charge >= 0.3 is 0 Å². The minimum Gasteiger partial charge on any atom is -0.490 e. The van der Waals surface area contributed by atoms with Gasteiger partial charge in [-0.25, -0.2) is 0 Å². The van der Waals surface area contributed by atoms with E-state index in [-0.39, 0.29) is 11.4 Å². The molecule has 0 spiro atoms. The number of likely N-dealkylation sites (N-methyl/N-ethyl adjacent to an activating group) is 1. The summed E-state index contributed by atoms with van der Waals surface area (Å²) >= 11 is 0. The summed E-state index contributed by atoms with van der Waals surface area (Å²) in [7, 11) is 10.0. The van der Waals surface area contributed by atoms with Gasteiger partial charge in [0.15, 0.2) is 0 Å². The van der Waals surface area contributed by atoms with Crippen molar-refractivity contribution in [1.82, 2.24) is 10.2 Å². The molecular weight excluding hydrogens is 335 g/mol. The van der Waals surface area contributed by atoms with Crippen molar-refractivity contribution in [3.8, 4) is 5.75 Å². The molecule has 0 atom stereocenters. The van der Waals surface area contributed by atoms with Gasteiger partial charge in [-0.3, -0.25) is 9.69 Å². The lowest BCUT2D eigenvalue weighted by Gasteiger charge is -2.34. The van der Waals surface area contributed by atoms with Crippen LogP contribution in [-0.4, -0.2) is 38.3 Å². The van der Waals surface area contributed by atoms with E-state index in [1.165, 1.54) is 0 Å². The number of benzene rings is 2. The first kappa shape index (κ1) is 19.5. The molecule has 1 saturated carbocycles. The molecule has 1 N–H and O–H groups in total. The highest BCUT2D eigenvalue weighted by Gasteiger charge is 2.42. The summed E-state index contributed by atoms with van der Waals surface area (Å²) in [5.41, 5.74) is 2.29. The number of hydrogen-bond donors (Lipinski definition) is 1. The van der Waals surface area contributed by atoms with E-state index >= 15 is 0 Å². The molecule has 0 saturated heterocycles. The summed E-state index contributed by atoms with van der Waals surface area (Å²) in [5.74, 6) is 0.752. The summed E-state index contributed by atoms with van der Waals surface area (Å²) < 4.78 is 5.88. The van der Waals surface area contributed by atoms with Crippen molar-refractivity contribution < 1.29 is 9.53 Å². The third-order valence-corrected chi connectivity index (χ3v) is 5.48. The highest BCUT2D eigenvalue weighted by atomic mass is 16.5. The number of rotatable bonds is 7. The van der Waals surface area contributed by atoms with Crippen LogP contribution >= 0.6 is 0 Å². The number of ether oxygens (including phenoxy) is 1. The van der Waals surface area contributed by atoms with Gasteiger partial charge in [0.05, 0.1) is 5.54 Å². The average molecular weight is 362 g/mol. The first-order valence-corrected chi connectivity index (χ1v) is 9.52. The molecule has 1 amide bonds. The first-order valence-electron chi connectivity index (χ1n) is 9.52. The molecule has 0 bridgehead atoms. The molecule has 0 aromatic heterocycles. The lowest BCUT2D eigenvalue weighted by molar-refractivity contribution is -0.132. The minimum absolute atomic E-state index is 0.105. The van der Waals surface area contributed by atoms with Gasteiger partial charge in [-0.1, -0.05) is 60.8 Å². The highest BCUT2D eigenvalue weighted by Crippen LogP contribution is 2.34.